The lowest BCUT2D eigenvalue weighted by Crippen LogP contribution is -2.49. The summed E-state index contributed by atoms with van der Waals surface area (Å²) >= 11 is 0. The van der Waals surface area contributed by atoms with Gasteiger partial charge in [-0.25, -0.2) is 22.0 Å². The Balaban J connectivity index is 1.32. The first-order valence-electron chi connectivity index (χ1n) is 19.5. The van der Waals surface area contributed by atoms with E-state index < -0.39 is 51.5 Å². The molecular weight excluding hydrogens is 757 g/mol. The summed E-state index contributed by atoms with van der Waals surface area (Å²) in [6.07, 6.45) is -0.540. The van der Waals surface area contributed by atoms with Crippen LogP contribution in [0.15, 0.2) is 124 Å². The van der Waals surface area contributed by atoms with Gasteiger partial charge in [0.2, 0.25) is 12.2 Å². The molecule has 4 aromatic carbocycles. The SMILES string of the molecule is CC[C@@H]1[C@H](OCc2ccccc2)Oc2c(c(=O)n(C)c(=O)n2C)[C@H]1C[C@H]1c2c(c3ccccc3n2S(=O)(=O)c2ccc(C)cc2)CCN1C(=O)OCc1ccccc1. The van der Waals surface area contributed by atoms with Crippen LogP contribution in [0.3, 0.4) is 0 Å². The minimum atomic E-state index is -4.24. The number of rotatable bonds is 10. The molecule has 0 saturated carbocycles. The molecule has 2 aliphatic rings. The number of benzene rings is 4. The van der Waals surface area contributed by atoms with E-state index in [1.165, 1.54) is 15.6 Å². The van der Waals surface area contributed by atoms with Crippen LogP contribution in [-0.4, -0.2) is 45.4 Å². The summed E-state index contributed by atoms with van der Waals surface area (Å²) in [5.74, 6) is -1.02. The molecule has 2 aromatic heterocycles. The van der Waals surface area contributed by atoms with Gasteiger partial charge in [0, 0.05) is 37.9 Å². The summed E-state index contributed by atoms with van der Waals surface area (Å²) in [4.78, 5) is 43.8. The maximum absolute atomic E-state index is 15.0. The van der Waals surface area contributed by atoms with Crippen molar-refractivity contribution in [2.45, 2.75) is 69.5 Å². The predicted molar refractivity (Wildman–Crippen MR) is 219 cm³/mol. The van der Waals surface area contributed by atoms with Gasteiger partial charge in [-0.1, -0.05) is 103 Å². The first-order chi connectivity index (χ1) is 28.0. The maximum Gasteiger partial charge on any atom is 0.410 e. The third kappa shape index (κ3) is 6.92. The molecule has 300 valence electrons. The lowest BCUT2D eigenvalue weighted by molar-refractivity contribution is -0.146. The molecule has 0 unspecified atom stereocenters. The molecule has 1 amide bonds. The number of fused-ring (bicyclic) bond motifs is 4. The molecule has 0 aliphatic carbocycles. The van der Waals surface area contributed by atoms with Crippen LogP contribution in [0.4, 0.5) is 4.79 Å². The lowest BCUT2D eigenvalue weighted by Gasteiger charge is -2.43. The van der Waals surface area contributed by atoms with Gasteiger partial charge < -0.3 is 14.2 Å². The van der Waals surface area contributed by atoms with E-state index in [-0.39, 0.29) is 42.5 Å². The number of carbonyl (C=O) groups excluding carboxylic acids is 1. The average molecular weight is 803 g/mol. The van der Waals surface area contributed by atoms with Crippen LogP contribution >= 0.6 is 0 Å². The first-order valence-corrected chi connectivity index (χ1v) is 21.0. The van der Waals surface area contributed by atoms with E-state index in [0.29, 0.717) is 24.1 Å². The van der Waals surface area contributed by atoms with E-state index in [1.54, 1.807) is 48.3 Å². The zero-order valence-corrected chi connectivity index (χ0v) is 33.7. The fraction of sp³-hybridized carbons (Fsp3) is 0.311. The van der Waals surface area contributed by atoms with Gasteiger partial charge in [0.1, 0.15) is 6.61 Å². The van der Waals surface area contributed by atoms with Crippen molar-refractivity contribution in [2.75, 3.05) is 6.54 Å². The highest BCUT2D eigenvalue weighted by atomic mass is 32.2. The fourth-order valence-electron chi connectivity index (χ4n) is 8.60. The Kier molecular flexibility index (Phi) is 10.6. The molecule has 0 bridgehead atoms. The average Bonchev–Trinajstić information content (AvgIpc) is 3.60. The largest absolute Gasteiger partial charge is 0.449 e. The van der Waals surface area contributed by atoms with Crippen molar-refractivity contribution in [1.82, 2.24) is 18.0 Å². The van der Waals surface area contributed by atoms with E-state index in [9.17, 15) is 22.8 Å². The van der Waals surface area contributed by atoms with Crippen LogP contribution in [0.5, 0.6) is 5.88 Å². The predicted octanol–water partition coefficient (Wildman–Crippen LogP) is 6.96. The number of aryl methyl sites for hydroxylation is 1. The number of nitrogens with zero attached hydrogens (tertiary/aromatic N) is 4. The molecule has 0 radical (unpaired) electrons. The molecule has 0 N–H and O–H groups in total. The molecule has 4 atom stereocenters. The number of ether oxygens (including phenoxy) is 3. The van der Waals surface area contributed by atoms with Gasteiger partial charge in [0.25, 0.3) is 15.6 Å². The molecule has 13 heteroatoms. The Bertz CT molecular complexity index is 2710. The van der Waals surface area contributed by atoms with Crippen LogP contribution in [0.1, 0.15) is 65.2 Å². The quantitative estimate of drug-likeness (QED) is 0.145. The molecule has 0 saturated heterocycles. The summed E-state index contributed by atoms with van der Waals surface area (Å²) in [7, 11) is -1.26. The van der Waals surface area contributed by atoms with E-state index in [1.807, 2.05) is 86.6 Å². The van der Waals surface area contributed by atoms with Gasteiger partial charge in [-0.15, -0.1) is 0 Å². The van der Waals surface area contributed by atoms with Crippen LogP contribution in [0.2, 0.25) is 0 Å². The van der Waals surface area contributed by atoms with E-state index in [0.717, 1.165) is 32.2 Å². The summed E-state index contributed by atoms with van der Waals surface area (Å²) < 4.78 is 52.7. The van der Waals surface area contributed by atoms with Crippen molar-refractivity contribution < 1.29 is 27.4 Å². The van der Waals surface area contributed by atoms with Crippen molar-refractivity contribution >= 4 is 27.0 Å². The topological polar surface area (TPSA) is 131 Å². The van der Waals surface area contributed by atoms with E-state index in [4.69, 9.17) is 14.2 Å². The second-order valence-corrected chi connectivity index (χ2v) is 16.9. The van der Waals surface area contributed by atoms with Crippen LogP contribution < -0.4 is 16.0 Å². The molecule has 6 aromatic rings. The normalized spacial score (nSPS) is 19.0. The Labute approximate surface area is 336 Å². The summed E-state index contributed by atoms with van der Waals surface area (Å²) in [5, 5.41) is 0.761. The van der Waals surface area contributed by atoms with Gasteiger partial charge in [0.05, 0.1) is 34.3 Å². The van der Waals surface area contributed by atoms with Crippen molar-refractivity contribution in [1.29, 1.82) is 0 Å². The van der Waals surface area contributed by atoms with E-state index >= 15 is 0 Å². The number of aromatic nitrogens is 3. The zero-order valence-electron chi connectivity index (χ0n) is 32.9. The van der Waals surface area contributed by atoms with Gasteiger partial charge in [0.15, 0.2) is 0 Å². The number of hydrogen-bond donors (Lipinski definition) is 0. The van der Waals surface area contributed by atoms with Gasteiger partial charge >= 0.3 is 11.8 Å². The fourth-order valence-corrected chi connectivity index (χ4v) is 10.2. The van der Waals surface area contributed by atoms with Gasteiger partial charge in [-0.2, -0.15) is 0 Å². The highest BCUT2D eigenvalue weighted by molar-refractivity contribution is 7.90. The van der Waals surface area contributed by atoms with Crippen molar-refractivity contribution in [3.8, 4) is 5.88 Å². The number of amides is 1. The monoisotopic (exact) mass is 802 g/mol. The van der Waals surface area contributed by atoms with Crippen LogP contribution in [0.25, 0.3) is 10.9 Å². The van der Waals surface area contributed by atoms with Crippen molar-refractivity contribution in [3.05, 3.63) is 164 Å². The molecule has 12 nitrogen and oxygen atoms in total. The van der Waals surface area contributed by atoms with E-state index in [2.05, 4.69) is 0 Å². The molecule has 8 rings (SSSR count). The second kappa shape index (κ2) is 15.8. The minimum Gasteiger partial charge on any atom is -0.449 e. The number of hydrogen-bond acceptors (Lipinski definition) is 8. The summed E-state index contributed by atoms with van der Waals surface area (Å²) in [5.41, 5.74) is 3.52. The van der Waals surface area contributed by atoms with Crippen molar-refractivity contribution in [3.63, 3.8) is 0 Å². The zero-order chi connectivity index (χ0) is 40.7. The van der Waals surface area contributed by atoms with Gasteiger partial charge in [-0.3, -0.25) is 18.8 Å². The Morgan fingerprint density at radius 2 is 1.47 bits per heavy atom. The third-order valence-corrected chi connectivity index (χ3v) is 13.3. The maximum atomic E-state index is 15.0. The Morgan fingerprint density at radius 1 is 0.828 bits per heavy atom. The molecule has 58 heavy (non-hydrogen) atoms. The first kappa shape index (κ1) is 38.9. The number of carbonyl (C=O) groups is 1. The molecule has 0 spiro atoms. The smallest absolute Gasteiger partial charge is 0.410 e. The Morgan fingerprint density at radius 3 is 2.14 bits per heavy atom. The second-order valence-electron chi connectivity index (χ2n) is 15.1. The summed E-state index contributed by atoms with van der Waals surface area (Å²) in [6.45, 7) is 4.32. The highest BCUT2D eigenvalue weighted by Gasteiger charge is 2.47. The number of para-hydroxylation sites is 1. The van der Waals surface area contributed by atoms with Crippen LogP contribution in [0, 0.1) is 12.8 Å². The highest BCUT2D eigenvalue weighted by Crippen LogP contribution is 2.49. The molecule has 2 aliphatic heterocycles. The minimum absolute atomic E-state index is 0.0101. The van der Waals surface area contributed by atoms with Crippen molar-refractivity contribution in [2.24, 2.45) is 20.0 Å². The Hall–Kier alpha value is -5.92. The van der Waals surface area contributed by atoms with Crippen LogP contribution in [-0.2, 0) is 53.2 Å². The third-order valence-electron chi connectivity index (χ3n) is 11.6. The molecule has 4 heterocycles. The lowest BCUT2D eigenvalue weighted by atomic mass is 9.77. The molecule has 0 fully saturated rings. The molecular formula is C45H46N4O8S. The summed E-state index contributed by atoms with van der Waals surface area (Å²) in [6, 6.07) is 32.2. The standard InChI is InChI=1S/C45H46N4O8S/c1-5-33-36(39-41(50)46(3)44(51)47(4)42(39)57-43(33)55-27-30-14-8-6-9-15-30)26-38-40-35(24-25-48(38)45(52)56-28-31-16-10-7-11-17-31)34-18-12-13-19-37(34)49(40)58(53,54)32-22-20-29(2)21-23-32/h6-23,33,36,38,43H,5,24-28H2,1-4H3/t33-,36-,38-,43+/m0/s1. The van der Waals surface area contributed by atoms with Gasteiger partial charge in [-0.05, 0) is 61.1 Å².